The van der Waals surface area contributed by atoms with Gasteiger partial charge in [-0.3, -0.25) is 0 Å². The molecular formula is C19H17ClF3NO. The van der Waals surface area contributed by atoms with E-state index < -0.39 is 6.36 Å². The van der Waals surface area contributed by atoms with Crippen molar-refractivity contribution >= 4 is 17.3 Å². The number of hydrogen-bond donors (Lipinski definition) is 1. The van der Waals surface area contributed by atoms with Crippen LogP contribution in [0.4, 0.5) is 18.9 Å². The summed E-state index contributed by atoms with van der Waals surface area (Å²) in [5.41, 5.74) is 2.82. The van der Waals surface area contributed by atoms with Crippen molar-refractivity contribution in [3.05, 3.63) is 58.6 Å². The maximum Gasteiger partial charge on any atom is 0.573 e. The Morgan fingerprint density at radius 3 is 2.60 bits per heavy atom. The smallest absolute Gasteiger partial charge is 0.406 e. The van der Waals surface area contributed by atoms with Crippen molar-refractivity contribution < 1.29 is 17.9 Å². The van der Waals surface area contributed by atoms with Crippen molar-refractivity contribution in [2.24, 2.45) is 5.92 Å². The molecule has 3 atom stereocenters. The maximum absolute atomic E-state index is 12.5. The summed E-state index contributed by atoms with van der Waals surface area (Å²) >= 11 is 6.39. The molecule has 2 aliphatic rings. The van der Waals surface area contributed by atoms with Gasteiger partial charge < -0.3 is 10.1 Å². The Labute approximate surface area is 148 Å². The van der Waals surface area contributed by atoms with Crippen molar-refractivity contribution in [2.45, 2.75) is 37.6 Å². The highest BCUT2D eigenvalue weighted by Gasteiger charge is 2.41. The van der Waals surface area contributed by atoms with Gasteiger partial charge in [-0.1, -0.05) is 36.2 Å². The van der Waals surface area contributed by atoms with E-state index in [1.807, 2.05) is 24.3 Å². The Balaban J connectivity index is 1.72. The zero-order valence-corrected chi connectivity index (χ0v) is 14.1. The number of nitrogens with one attached hydrogen (secondary N) is 1. The third kappa shape index (κ3) is 3.17. The van der Waals surface area contributed by atoms with E-state index in [2.05, 4.69) is 10.1 Å². The number of halogens is 4. The summed E-state index contributed by atoms with van der Waals surface area (Å²) < 4.78 is 41.6. The fourth-order valence-corrected chi connectivity index (χ4v) is 4.51. The lowest BCUT2D eigenvalue weighted by Gasteiger charge is -2.38. The predicted molar refractivity (Wildman–Crippen MR) is 91.0 cm³/mol. The van der Waals surface area contributed by atoms with Crippen LogP contribution in [-0.2, 0) is 0 Å². The molecule has 2 aromatic rings. The average molecular weight is 368 g/mol. The van der Waals surface area contributed by atoms with E-state index in [0.717, 1.165) is 36.1 Å². The van der Waals surface area contributed by atoms with Crippen LogP contribution in [0.3, 0.4) is 0 Å². The summed E-state index contributed by atoms with van der Waals surface area (Å²) in [5.74, 6) is 0.373. The molecule has 6 heteroatoms. The monoisotopic (exact) mass is 367 g/mol. The summed E-state index contributed by atoms with van der Waals surface area (Å²) in [4.78, 5) is 0. The SMILES string of the molecule is FC(F)(F)Oc1ccc2c(c1)C1CCCC1C(c1ccccc1Cl)N2. The molecule has 0 aromatic heterocycles. The average Bonchev–Trinajstić information content (AvgIpc) is 3.03. The first-order valence-corrected chi connectivity index (χ1v) is 8.71. The molecule has 0 radical (unpaired) electrons. The second-order valence-corrected chi connectivity index (χ2v) is 7.05. The third-order valence-electron chi connectivity index (χ3n) is 5.20. The number of ether oxygens (including phenoxy) is 1. The van der Waals surface area contributed by atoms with E-state index >= 15 is 0 Å². The topological polar surface area (TPSA) is 21.3 Å². The number of benzene rings is 2. The molecule has 25 heavy (non-hydrogen) atoms. The minimum Gasteiger partial charge on any atom is -0.406 e. The van der Waals surface area contributed by atoms with Gasteiger partial charge >= 0.3 is 6.36 Å². The van der Waals surface area contributed by atoms with Gasteiger partial charge in [-0.15, -0.1) is 13.2 Å². The molecule has 0 bridgehead atoms. The normalized spacial score (nSPS) is 25.0. The minimum absolute atomic E-state index is 0.0723. The zero-order valence-electron chi connectivity index (χ0n) is 13.3. The highest BCUT2D eigenvalue weighted by atomic mass is 35.5. The molecule has 1 N–H and O–H groups in total. The lowest BCUT2D eigenvalue weighted by atomic mass is 9.77. The van der Waals surface area contributed by atoms with Crippen LogP contribution in [0.5, 0.6) is 5.75 Å². The molecule has 3 unspecified atom stereocenters. The zero-order chi connectivity index (χ0) is 17.6. The highest BCUT2D eigenvalue weighted by molar-refractivity contribution is 6.31. The second-order valence-electron chi connectivity index (χ2n) is 6.64. The van der Waals surface area contributed by atoms with E-state index in [9.17, 15) is 13.2 Å². The van der Waals surface area contributed by atoms with Gasteiger partial charge in [-0.2, -0.15) is 0 Å². The van der Waals surface area contributed by atoms with Crippen LogP contribution in [0, 0.1) is 5.92 Å². The van der Waals surface area contributed by atoms with Gasteiger partial charge in [0, 0.05) is 10.7 Å². The van der Waals surface area contributed by atoms with E-state index in [1.54, 1.807) is 6.07 Å². The third-order valence-corrected chi connectivity index (χ3v) is 5.55. The Kier molecular flexibility index (Phi) is 4.07. The van der Waals surface area contributed by atoms with Gasteiger partial charge in [0.05, 0.1) is 6.04 Å². The molecule has 1 fully saturated rings. The molecule has 4 rings (SSSR count). The van der Waals surface area contributed by atoms with Gasteiger partial charge in [0.1, 0.15) is 5.75 Å². The molecule has 132 valence electrons. The molecule has 0 spiro atoms. The Hall–Kier alpha value is -1.88. The lowest BCUT2D eigenvalue weighted by molar-refractivity contribution is -0.274. The van der Waals surface area contributed by atoms with E-state index in [1.165, 1.54) is 12.1 Å². The molecule has 1 aliphatic carbocycles. The number of fused-ring (bicyclic) bond motifs is 3. The largest absolute Gasteiger partial charge is 0.573 e. The van der Waals surface area contributed by atoms with Gasteiger partial charge in [0.25, 0.3) is 0 Å². The molecular weight excluding hydrogens is 351 g/mol. The van der Waals surface area contributed by atoms with Crippen LogP contribution < -0.4 is 10.1 Å². The number of rotatable bonds is 2. The van der Waals surface area contributed by atoms with Crippen molar-refractivity contribution in [1.82, 2.24) is 0 Å². The first kappa shape index (κ1) is 16.6. The van der Waals surface area contributed by atoms with Crippen LogP contribution in [0.15, 0.2) is 42.5 Å². The summed E-state index contributed by atoms with van der Waals surface area (Å²) in [6.45, 7) is 0. The Morgan fingerprint density at radius 2 is 1.84 bits per heavy atom. The van der Waals surface area contributed by atoms with Crippen LogP contribution in [0.2, 0.25) is 5.02 Å². The first-order chi connectivity index (χ1) is 11.9. The number of hydrogen-bond acceptors (Lipinski definition) is 2. The summed E-state index contributed by atoms with van der Waals surface area (Å²) in [7, 11) is 0. The number of anilines is 1. The summed E-state index contributed by atoms with van der Waals surface area (Å²) in [5, 5.41) is 4.21. The fourth-order valence-electron chi connectivity index (χ4n) is 4.26. The summed E-state index contributed by atoms with van der Waals surface area (Å²) in [6.07, 6.45) is -1.62. The fraction of sp³-hybridized carbons (Fsp3) is 0.368. The van der Waals surface area contributed by atoms with Crippen LogP contribution in [-0.4, -0.2) is 6.36 Å². The lowest BCUT2D eigenvalue weighted by Crippen LogP contribution is -2.29. The van der Waals surface area contributed by atoms with Crippen molar-refractivity contribution in [2.75, 3.05) is 5.32 Å². The number of alkyl halides is 3. The standard InChI is InChI=1S/C19H17ClF3NO/c20-16-7-2-1-4-14(16)18-13-6-3-5-12(13)15-10-11(25-19(21,22)23)8-9-17(15)24-18/h1-2,4,7-10,12-13,18,24H,3,5-6H2. The summed E-state index contributed by atoms with van der Waals surface area (Å²) in [6, 6.07) is 12.4. The van der Waals surface area contributed by atoms with Gasteiger partial charge in [0.15, 0.2) is 0 Å². The van der Waals surface area contributed by atoms with Crippen LogP contribution in [0.25, 0.3) is 0 Å². The van der Waals surface area contributed by atoms with Crippen molar-refractivity contribution in [3.63, 3.8) is 0 Å². The van der Waals surface area contributed by atoms with Gasteiger partial charge in [-0.05, 0) is 60.1 Å². The minimum atomic E-state index is -4.68. The Bertz CT molecular complexity index is 792. The predicted octanol–water partition coefficient (Wildman–Crippen LogP) is 6.29. The van der Waals surface area contributed by atoms with Crippen molar-refractivity contribution in [1.29, 1.82) is 0 Å². The molecule has 2 nitrogen and oxygen atoms in total. The van der Waals surface area contributed by atoms with Crippen LogP contribution in [0.1, 0.15) is 42.3 Å². The van der Waals surface area contributed by atoms with E-state index in [0.29, 0.717) is 10.9 Å². The molecule has 0 amide bonds. The van der Waals surface area contributed by atoms with E-state index in [-0.39, 0.29) is 17.7 Å². The molecule has 0 saturated heterocycles. The van der Waals surface area contributed by atoms with Gasteiger partial charge in [0.2, 0.25) is 0 Å². The molecule has 1 heterocycles. The van der Waals surface area contributed by atoms with E-state index in [4.69, 9.17) is 11.6 Å². The molecule has 2 aromatic carbocycles. The molecule has 1 saturated carbocycles. The quantitative estimate of drug-likeness (QED) is 0.673. The maximum atomic E-state index is 12.5. The Morgan fingerprint density at radius 1 is 1.04 bits per heavy atom. The molecule has 1 aliphatic heterocycles. The highest BCUT2D eigenvalue weighted by Crippen LogP contribution is 2.54. The van der Waals surface area contributed by atoms with Gasteiger partial charge in [-0.25, -0.2) is 0 Å². The second kappa shape index (κ2) is 6.13. The van der Waals surface area contributed by atoms with Crippen molar-refractivity contribution in [3.8, 4) is 5.75 Å². The first-order valence-electron chi connectivity index (χ1n) is 8.33. The van der Waals surface area contributed by atoms with Crippen LogP contribution >= 0.6 is 11.6 Å².